The van der Waals surface area contributed by atoms with E-state index in [9.17, 15) is 9.59 Å². The highest BCUT2D eigenvalue weighted by atomic mass is 35.5. The van der Waals surface area contributed by atoms with Gasteiger partial charge in [-0.3, -0.25) is 4.79 Å². The molecule has 2 heterocycles. The molecular weight excluding hydrogens is 318 g/mol. The van der Waals surface area contributed by atoms with Crippen LogP contribution >= 0.6 is 11.6 Å². The Hall–Kier alpha value is -2.60. The number of aryl methyl sites for hydroxylation is 1. The topological polar surface area (TPSA) is 87.8 Å². The minimum Gasteiger partial charge on any atom is -0.462 e. The lowest BCUT2D eigenvalue weighted by molar-refractivity contribution is 0.0528. The second-order valence-corrected chi connectivity index (χ2v) is 5.38. The first-order chi connectivity index (χ1) is 11.0. The number of hydrogen-bond donors (Lipinski definition) is 2. The van der Waals surface area contributed by atoms with Gasteiger partial charge in [0.05, 0.1) is 23.6 Å². The molecule has 1 radical (unpaired) electrons. The van der Waals surface area contributed by atoms with Gasteiger partial charge in [0.1, 0.15) is 0 Å². The first-order valence-electron chi connectivity index (χ1n) is 6.98. The van der Waals surface area contributed by atoms with E-state index in [1.165, 1.54) is 6.07 Å². The number of halogens is 1. The predicted molar refractivity (Wildman–Crippen MR) is 84.9 cm³/mol. The minimum atomic E-state index is -0.511. The van der Waals surface area contributed by atoms with Gasteiger partial charge in [-0.1, -0.05) is 11.6 Å². The lowest BCUT2D eigenvalue weighted by Crippen LogP contribution is -2.05. The molecule has 3 aromatic rings. The molecule has 0 atom stereocenters. The number of carbonyl (C=O) groups is 2. The molecule has 0 bridgehead atoms. The number of carbonyl (C=O) groups excluding carboxylic acids is 2. The molecule has 2 aromatic heterocycles. The molecular formula is C16H13ClN3O3. The molecule has 0 aliphatic rings. The SMILES string of the molecule is CCOC(=O)c1cc(Cl)cc2[nH]c(C(=O)c3nc(C)c[nH]3)[c]c12. The summed E-state index contributed by atoms with van der Waals surface area (Å²) in [6, 6.07) is 6.04. The van der Waals surface area contributed by atoms with Gasteiger partial charge in [-0.05, 0) is 26.0 Å². The first-order valence-corrected chi connectivity index (χ1v) is 7.35. The zero-order chi connectivity index (χ0) is 16.6. The van der Waals surface area contributed by atoms with Crippen LogP contribution in [0.25, 0.3) is 10.9 Å². The number of ketones is 1. The van der Waals surface area contributed by atoms with Crippen molar-refractivity contribution in [3.05, 3.63) is 52.2 Å². The van der Waals surface area contributed by atoms with E-state index >= 15 is 0 Å². The highest BCUT2D eigenvalue weighted by Crippen LogP contribution is 2.25. The van der Waals surface area contributed by atoms with Crippen LogP contribution in [0.5, 0.6) is 0 Å². The molecule has 0 aliphatic heterocycles. The fourth-order valence-corrected chi connectivity index (χ4v) is 2.48. The molecule has 0 aliphatic carbocycles. The molecule has 117 valence electrons. The van der Waals surface area contributed by atoms with Crippen molar-refractivity contribution < 1.29 is 14.3 Å². The van der Waals surface area contributed by atoms with E-state index in [1.807, 2.05) is 0 Å². The maximum absolute atomic E-state index is 12.4. The van der Waals surface area contributed by atoms with Crippen LogP contribution in [-0.4, -0.2) is 33.3 Å². The molecule has 6 nitrogen and oxygen atoms in total. The van der Waals surface area contributed by atoms with Crippen LogP contribution in [0.15, 0.2) is 18.3 Å². The summed E-state index contributed by atoms with van der Waals surface area (Å²) < 4.78 is 5.01. The molecule has 0 saturated carbocycles. The van der Waals surface area contributed by atoms with Crippen molar-refractivity contribution in [1.29, 1.82) is 0 Å². The van der Waals surface area contributed by atoms with Gasteiger partial charge in [-0.15, -0.1) is 0 Å². The van der Waals surface area contributed by atoms with Crippen LogP contribution in [0.1, 0.15) is 39.3 Å². The number of nitrogens with one attached hydrogen (secondary N) is 2. The molecule has 3 rings (SSSR count). The zero-order valence-electron chi connectivity index (χ0n) is 12.5. The number of H-pyrrole nitrogens is 2. The number of fused-ring (bicyclic) bond motifs is 1. The Morgan fingerprint density at radius 1 is 1.39 bits per heavy atom. The van der Waals surface area contributed by atoms with Crippen molar-refractivity contribution in [2.75, 3.05) is 6.61 Å². The van der Waals surface area contributed by atoms with Crippen molar-refractivity contribution in [2.24, 2.45) is 0 Å². The fraction of sp³-hybridized carbons (Fsp3) is 0.188. The average molecular weight is 331 g/mol. The van der Waals surface area contributed by atoms with E-state index in [4.69, 9.17) is 16.3 Å². The number of aromatic nitrogens is 3. The Morgan fingerprint density at radius 3 is 2.83 bits per heavy atom. The summed E-state index contributed by atoms with van der Waals surface area (Å²) in [5.74, 6) is -0.655. The largest absolute Gasteiger partial charge is 0.462 e. The molecule has 2 N–H and O–H groups in total. The van der Waals surface area contributed by atoms with Crippen molar-refractivity contribution in [2.45, 2.75) is 13.8 Å². The van der Waals surface area contributed by atoms with E-state index in [-0.39, 0.29) is 29.5 Å². The maximum atomic E-state index is 12.4. The predicted octanol–water partition coefficient (Wildman–Crippen LogP) is 3.06. The smallest absolute Gasteiger partial charge is 0.338 e. The van der Waals surface area contributed by atoms with Crippen LogP contribution < -0.4 is 0 Å². The molecule has 1 aromatic carbocycles. The summed E-state index contributed by atoms with van der Waals surface area (Å²) in [7, 11) is 0. The van der Waals surface area contributed by atoms with Crippen LogP contribution in [0, 0.1) is 13.0 Å². The van der Waals surface area contributed by atoms with Gasteiger partial charge >= 0.3 is 5.97 Å². The number of nitrogens with zero attached hydrogens (tertiary/aromatic N) is 1. The van der Waals surface area contributed by atoms with Gasteiger partial charge in [0.15, 0.2) is 5.82 Å². The minimum absolute atomic E-state index is 0.196. The van der Waals surface area contributed by atoms with E-state index in [0.717, 1.165) is 0 Å². The Labute approximate surface area is 136 Å². The number of aromatic amines is 2. The van der Waals surface area contributed by atoms with Gasteiger partial charge < -0.3 is 14.7 Å². The summed E-state index contributed by atoms with van der Waals surface area (Å²) in [4.78, 5) is 34.3. The average Bonchev–Trinajstić information content (AvgIpc) is 3.12. The third kappa shape index (κ3) is 2.85. The van der Waals surface area contributed by atoms with Crippen molar-refractivity contribution in [3.63, 3.8) is 0 Å². The Balaban J connectivity index is 2.09. The Morgan fingerprint density at radius 2 is 2.17 bits per heavy atom. The number of rotatable bonds is 4. The number of esters is 1. The van der Waals surface area contributed by atoms with E-state index in [1.54, 1.807) is 26.1 Å². The van der Waals surface area contributed by atoms with Crippen LogP contribution in [0.2, 0.25) is 5.02 Å². The Bertz CT molecular complexity index is 911. The van der Waals surface area contributed by atoms with E-state index in [2.05, 4.69) is 21.0 Å². The van der Waals surface area contributed by atoms with Crippen LogP contribution in [0.4, 0.5) is 0 Å². The number of imidazole rings is 1. The standard InChI is InChI=1S/C16H13ClN3O3/c1-3-23-16(22)11-4-9(17)5-12-10(11)6-13(20-12)14(21)15-18-7-8(2)19-15/h4-5,7,20H,3H2,1-2H3,(H,18,19). The summed E-state index contributed by atoms with van der Waals surface area (Å²) >= 11 is 6.03. The Kier molecular flexibility index (Phi) is 3.92. The molecule has 0 saturated heterocycles. The van der Waals surface area contributed by atoms with Crippen LogP contribution in [-0.2, 0) is 4.74 Å². The van der Waals surface area contributed by atoms with Crippen molar-refractivity contribution >= 4 is 34.3 Å². The van der Waals surface area contributed by atoms with Gasteiger partial charge in [0, 0.05) is 28.2 Å². The zero-order valence-corrected chi connectivity index (χ0v) is 13.2. The van der Waals surface area contributed by atoms with Gasteiger partial charge in [-0.25, -0.2) is 9.78 Å². The van der Waals surface area contributed by atoms with Gasteiger partial charge in [0.2, 0.25) is 5.78 Å². The normalized spacial score (nSPS) is 10.9. The summed E-state index contributed by atoms with van der Waals surface area (Å²) in [5.41, 5.74) is 1.70. The molecule has 0 fully saturated rings. The second-order valence-electron chi connectivity index (χ2n) is 4.94. The van der Waals surface area contributed by atoms with Gasteiger partial charge in [-0.2, -0.15) is 0 Å². The van der Waals surface area contributed by atoms with Crippen LogP contribution in [0.3, 0.4) is 0 Å². The van der Waals surface area contributed by atoms with Gasteiger partial charge in [0.25, 0.3) is 0 Å². The number of ether oxygens (including phenoxy) is 1. The highest BCUT2D eigenvalue weighted by molar-refractivity contribution is 6.32. The molecule has 0 unspecified atom stereocenters. The highest BCUT2D eigenvalue weighted by Gasteiger charge is 2.20. The quantitative estimate of drug-likeness (QED) is 0.568. The third-order valence-corrected chi connectivity index (χ3v) is 3.47. The van der Waals surface area contributed by atoms with Crippen molar-refractivity contribution in [1.82, 2.24) is 15.0 Å². The molecule has 7 heteroatoms. The molecule has 0 spiro atoms. The maximum Gasteiger partial charge on any atom is 0.338 e. The first kappa shape index (κ1) is 15.3. The number of benzene rings is 1. The molecule has 0 amide bonds. The molecule has 23 heavy (non-hydrogen) atoms. The lowest BCUT2D eigenvalue weighted by atomic mass is 10.1. The second kappa shape index (κ2) is 5.89. The fourth-order valence-electron chi connectivity index (χ4n) is 2.26. The van der Waals surface area contributed by atoms with E-state index < -0.39 is 5.97 Å². The monoisotopic (exact) mass is 330 g/mol. The number of hydrogen-bond acceptors (Lipinski definition) is 4. The van der Waals surface area contributed by atoms with Crippen molar-refractivity contribution in [3.8, 4) is 0 Å². The summed E-state index contributed by atoms with van der Waals surface area (Å²) in [6.07, 6.45) is 1.64. The summed E-state index contributed by atoms with van der Waals surface area (Å²) in [5, 5.41) is 0.822. The van der Waals surface area contributed by atoms with E-state index in [0.29, 0.717) is 21.6 Å². The summed E-state index contributed by atoms with van der Waals surface area (Å²) in [6.45, 7) is 3.74. The third-order valence-electron chi connectivity index (χ3n) is 3.26. The lowest BCUT2D eigenvalue weighted by Gasteiger charge is -2.03.